The summed E-state index contributed by atoms with van der Waals surface area (Å²) in [5.41, 5.74) is 0.0961. The van der Waals surface area contributed by atoms with Crippen molar-refractivity contribution < 1.29 is 0 Å². The Balaban J connectivity index is 1.62. The summed E-state index contributed by atoms with van der Waals surface area (Å²) in [5, 5.41) is 3.51. The number of hydrogen-bond donors (Lipinski definition) is 1. The zero-order valence-corrected chi connectivity index (χ0v) is 13.1. The fraction of sp³-hybridized carbons (Fsp3) is 0.750. The fourth-order valence-electron chi connectivity index (χ4n) is 3.02. The lowest BCUT2D eigenvalue weighted by Gasteiger charge is -2.33. The first-order chi connectivity index (χ1) is 10.1. The molecule has 1 aliphatic heterocycles. The molecule has 2 fully saturated rings. The van der Waals surface area contributed by atoms with E-state index in [0.717, 1.165) is 51.2 Å². The predicted octanol–water partition coefficient (Wildman–Crippen LogP) is 1.79. The van der Waals surface area contributed by atoms with Crippen LogP contribution in [-0.4, -0.2) is 35.2 Å². The number of piperidine rings is 1. The predicted molar refractivity (Wildman–Crippen MR) is 84.8 cm³/mol. The van der Waals surface area contributed by atoms with Crippen LogP contribution in [0.1, 0.15) is 45.6 Å². The van der Waals surface area contributed by atoms with E-state index >= 15 is 0 Å². The molecule has 1 aromatic heterocycles. The zero-order chi connectivity index (χ0) is 14.8. The minimum atomic E-state index is 0.0961. The maximum absolute atomic E-state index is 12.5. The second-order valence-corrected chi connectivity index (χ2v) is 6.69. The van der Waals surface area contributed by atoms with E-state index < -0.39 is 0 Å². The van der Waals surface area contributed by atoms with Crippen LogP contribution in [0.2, 0.25) is 0 Å². The van der Waals surface area contributed by atoms with Gasteiger partial charge in [-0.1, -0.05) is 13.8 Å². The van der Waals surface area contributed by atoms with Gasteiger partial charge >= 0.3 is 0 Å². The smallest absolute Gasteiger partial charge is 0.293 e. The highest BCUT2D eigenvalue weighted by Gasteiger charge is 2.27. The van der Waals surface area contributed by atoms with Crippen molar-refractivity contribution in [2.45, 2.75) is 51.6 Å². The van der Waals surface area contributed by atoms with Gasteiger partial charge in [-0.15, -0.1) is 0 Å². The van der Waals surface area contributed by atoms with E-state index in [4.69, 9.17) is 0 Å². The normalized spacial score (nSPS) is 20.2. The second kappa shape index (κ2) is 6.18. The van der Waals surface area contributed by atoms with Crippen molar-refractivity contribution in [2.24, 2.45) is 5.92 Å². The van der Waals surface area contributed by atoms with Crippen LogP contribution in [0, 0.1) is 5.92 Å². The summed E-state index contributed by atoms with van der Waals surface area (Å²) >= 11 is 0. The summed E-state index contributed by atoms with van der Waals surface area (Å²) in [6, 6.07) is 0.969. The van der Waals surface area contributed by atoms with Crippen molar-refractivity contribution in [1.29, 1.82) is 0 Å². The molecule has 0 spiro atoms. The lowest BCUT2D eigenvalue weighted by molar-refractivity contribution is 0.369. The van der Waals surface area contributed by atoms with Gasteiger partial charge in [0.2, 0.25) is 0 Å². The van der Waals surface area contributed by atoms with Crippen LogP contribution in [0.3, 0.4) is 0 Å². The third-order valence-electron chi connectivity index (χ3n) is 4.52. The molecule has 1 aromatic rings. The minimum absolute atomic E-state index is 0.0961. The molecule has 1 saturated carbocycles. The molecular weight excluding hydrogens is 264 g/mol. The average molecular weight is 290 g/mol. The average Bonchev–Trinajstić information content (AvgIpc) is 3.31. The summed E-state index contributed by atoms with van der Waals surface area (Å²) in [4.78, 5) is 19.0. The van der Waals surface area contributed by atoms with Gasteiger partial charge in [0.1, 0.15) is 0 Å². The van der Waals surface area contributed by atoms with Gasteiger partial charge in [0.15, 0.2) is 5.82 Å². The molecule has 1 aliphatic carbocycles. The molecule has 0 atom stereocenters. The first-order valence-corrected chi connectivity index (χ1v) is 8.20. The van der Waals surface area contributed by atoms with Gasteiger partial charge in [0, 0.05) is 37.6 Å². The Hall–Kier alpha value is -1.36. The summed E-state index contributed by atoms with van der Waals surface area (Å²) in [5.74, 6) is 1.37. The van der Waals surface area contributed by atoms with Crippen molar-refractivity contribution in [2.75, 3.05) is 24.5 Å². The number of aromatic nitrogens is 2. The number of rotatable bonds is 5. The lowest BCUT2D eigenvalue weighted by Crippen LogP contribution is -2.41. The van der Waals surface area contributed by atoms with Crippen molar-refractivity contribution in [3.05, 3.63) is 22.7 Å². The first kappa shape index (κ1) is 14.6. The van der Waals surface area contributed by atoms with Crippen molar-refractivity contribution in [3.8, 4) is 0 Å². The Bertz CT molecular complexity index is 527. The van der Waals surface area contributed by atoms with E-state index in [9.17, 15) is 4.79 Å². The standard InChI is InChI=1S/C16H26N4O/c1-12(2)18-11-13-5-8-19(9-6-13)15-16(21)20(10-7-17-15)14-3-4-14/h7,10,12-14,18H,3-6,8-9,11H2,1-2H3. The number of anilines is 1. The van der Waals surface area contributed by atoms with Gasteiger partial charge in [-0.2, -0.15) is 0 Å². The van der Waals surface area contributed by atoms with Crippen molar-refractivity contribution in [3.63, 3.8) is 0 Å². The van der Waals surface area contributed by atoms with E-state index in [-0.39, 0.29) is 5.56 Å². The van der Waals surface area contributed by atoms with Gasteiger partial charge in [0.05, 0.1) is 0 Å². The molecular formula is C16H26N4O. The number of nitrogens with one attached hydrogen (secondary N) is 1. The van der Waals surface area contributed by atoms with Gasteiger partial charge in [-0.25, -0.2) is 4.98 Å². The molecule has 2 heterocycles. The third-order valence-corrected chi connectivity index (χ3v) is 4.52. The van der Waals surface area contributed by atoms with Crippen LogP contribution >= 0.6 is 0 Å². The van der Waals surface area contributed by atoms with Crippen LogP contribution < -0.4 is 15.8 Å². The SMILES string of the molecule is CC(C)NCC1CCN(c2nccn(C3CC3)c2=O)CC1. The summed E-state index contributed by atoms with van der Waals surface area (Å²) in [7, 11) is 0. The van der Waals surface area contributed by atoms with E-state index in [1.54, 1.807) is 6.20 Å². The van der Waals surface area contributed by atoms with E-state index in [1.807, 2.05) is 10.8 Å². The molecule has 3 rings (SSSR count). The maximum Gasteiger partial charge on any atom is 0.293 e. The molecule has 0 radical (unpaired) electrons. The summed E-state index contributed by atoms with van der Waals surface area (Å²) < 4.78 is 1.87. The maximum atomic E-state index is 12.5. The van der Waals surface area contributed by atoms with Crippen LogP contribution in [0.25, 0.3) is 0 Å². The largest absolute Gasteiger partial charge is 0.352 e. The van der Waals surface area contributed by atoms with Gasteiger partial charge in [0.25, 0.3) is 5.56 Å². The molecule has 0 unspecified atom stereocenters. The first-order valence-electron chi connectivity index (χ1n) is 8.20. The van der Waals surface area contributed by atoms with E-state index in [1.165, 1.54) is 0 Å². The topological polar surface area (TPSA) is 50.2 Å². The van der Waals surface area contributed by atoms with Gasteiger partial charge < -0.3 is 14.8 Å². The lowest BCUT2D eigenvalue weighted by atomic mass is 9.96. The van der Waals surface area contributed by atoms with E-state index in [2.05, 4.69) is 29.0 Å². The van der Waals surface area contributed by atoms with Crippen molar-refractivity contribution >= 4 is 5.82 Å². The molecule has 1 saturated heterocycles. The molecule has 21 heavy (non-hydrogen) atoms. The van der Waals surface area contributed by atoms with Crippen molar-refractivity contribution in [1.82, 2.24) is 14.9 Å². The monoisotopic (exact) mass is 290 g/mol. The van der Waals surface area contributed by atoms with Crippen LogP contribution in [0.5, 0.6) is 0 Å². The van der Waals surface area contributed by atoms with Gasteiger partial charge in [-0.05, 0) is 38.1 Å². The Labute approximate surface area is 126 Å². The van der Waals surface area contributed by atoms with Crippen LogP contribution in [-0.2, 0) is 0 Å². The summed E-state index contributed by atoms with van der Waals surface area (Å²) in [6.07, 6.45) is 8.15. The molecule has 5 nitrogen and oxygen atoms in total. The van der Waals surface area contributed by atoms with Gasteiger partial charge in [-0.3, -0.25) is 4.79 Å². The molecule has 116 valence electrons. The van der Waals surface area contributed by atoms with Crippen LogP contribution in [0.4, 0.5) is 5.82 Å². The minimum Gasteiger partial charge on any atom is -0.352 e. The molecule has 1 N–H and O–H groups in total. The molecule has 5 heteroatoms. The number of nitrogens with zero attached hydrogens (tertiary/aromatic N) is 3. The zero-order valence-electron chi connectivity index (χ0n) is 13.1. The highest BCUT2D eigenvalue weighted by Crippen LogP contribution is 2.33. The van der Waals surface area contributed by atoms with Crippen LogP contribution in [0.15, 0.2) is 17.2 Å². The highest BCUT2D eigenvalue weighted by molar-refractivity contribution is 5.36. The fourth-order valence-corrected chi connectivity index (χ4v) is 3.02. The van der Waals surface area contributed by atoms with E-state index in [0.29, 0.717) is 17.9 Å². The highest BCUT2D eigenvalue weighted by atomic mass is 16.1. The second-order valence-electron chi connectivity index (χ2n) is 6.69. The molecule has 0 aromatic carbocycles. The quantitative estimate of drug-likeness (QED) is 0.898. The Morgan fingerprint density at radius 3 is 2.62 bits per heavy atom. The Kier molecular flexibility index (Phi) is 4.29. The molecule has 2 aliphatic rings. The Morgan fingerprint density at radius 1 is 1.29 bits per heavy atom. The number of hydrogen-bond acceptors (Lipinski definition) is 4. The molecule has 0 bridgehead atoms. The Morgan fingerprint density at radius 2 is 2.00 bits per heavy atom. The summed E-state index contributed by atoms with van der Waals surface area (Å²) in [6.45, 7) is 7.34. The molecule has 0 amide bonds. The third kappa shape index (κ3) is 3.46.